The minimum absolute atomic E-state index is 0.739. The molecule has 0 fully saturated rings. The predicted molar refractivity (Wildman–Crippen MR) is 61.1 cm³/mol. The second-order valence-corrected chi connectivity index (χ2v) is 3.63. The second-order valence-electron chi connectivity index (χ2n) is 3.63. The van der Waals surface area contributed by atoms with Gasteiger partial charge >= 0.3 is 0 Å². The molecule has 0 atom stereocenters. The molecule has 3 nitrogen and oxygen atoms in total. The van der Waals surface area contributed by atoms with Crippen LogP contribution in [-0.2, 0) is 0 Å². The Morgan fingerprint density at radius 3 is 2.60 bits per heavy atom. The van der Waals surface area contributed by atoms with Gasteiger partial charge in [-0.25, -0.2) is 4.98 Å². The average molecular weight is 199 g/mol. The molecule has 0 radical (unpaired) electrons. The zero-order chi connectivity index (χ0) is 10.7. The molecule has 0 spiro atoms. The van der Waals surface area contributed by atoms with Crippen LogP contribution in [0.25, 0.3) is 17.5 Å². The first-order chi connectivity index (χ1) is 7.25. The zero-order valence-electron chi connectivity index (χ0n) is 8.86. The number of allylic oxidation sites excluding steroid dienone is 1. The van der Waals surface area contributed by atoms with Gasteiger partial charge in [-0.2, -0.15) is 5.10 Å². The van der Waals surface area contributed by atoms with Crippen molar-refractivity contribution in [3.05, 3.63) is 41.7 Å². The van der Waals surface area contributed by atoms with E-state index in [4.69, 9.17) is 0 Å². The summed E-state index contributed by atoms with van der Waals surface area (Å²) in [6.07, 6.45) is 1.97. The summed E-state index contributed by atoms with van der Waals surface area (Å²) in [5.41, 5.74) is 2.23. The van der Waals surface area contributed by atoms with E-state index in [0.717, 1.165) is 17.2 Å². The van der Waals surface area contributed by atoms with E-state index in [2.05, 4.69) is 15.2 Å². The van der Waals surface area contributed by atoms with Gasteiger partial charge < -0.3 is 0 Å². The molecular formula is C12H13N3. The molecule has 0 unspecified atom stereocenters. The van der Waals surface area contributed by atoms with Gasteiger partial charge in [-0.3, -0.25) is 5.10 Å². The Hall–Kier alpha value is -1.90. The van der Waals surface area contributed by atoms with E-state index in [1.54, 1.807) is 0 Å². The molecule has 0 aliphatic rings. The second kappa shape index (κ2) is 4.09. The number of aromatic amines is 1. The highest BCUT2D eigenvalue weighted by molar-refractivity contribution is 5.56. The number of hydrogen-bond acceptors (Lipinski definition) is 2. The van der Waals surface area contributed by atoms with Crippen molar-refractivity contribution in [3.63, 3.8) is 0 Å². The van der Waals surface area contributed by atoms with Crippen LogP contribution < -0.4 is 0 Å². The van der Waals surface area contributed by atoms with Crippen molar-refractivity contribution < 1.29 is 0 Å². The summed E-state index contributed by atoms with van der Waals surface area (Å²) in [5.74, 6) is 1.54. The third-order valence-electron chi connectivity index (χ3n) is 1.96. The van der Waals surface area contributed by atoms with Crippen LogP contribution in [0, 0.1) is 0 Å². The molecule has 1 aromatic carbocycles. The lowest BCUT2D eigenvalue weighted by atomic mass is 10.2. The molecule has 0 aliphatic carbocycles. The highest BCUT2D eigenvalue weighted by atomic mass is 15.2. The number of hydrogen-bond donors (Lipinski definition) is 1. The standard InChI is InChI=1S/C12H13N3/c1-9(2)8-11-13-12(15-14-11)10-6-4-3-5-7-10/h3-8H,1-2H3,(H,13,14,15). The zero-order valence-corrected chi connectivity index (χ0v) is 8.86. The van der Waals surface area contributed by atoms with Crippen molar-refractivity contribution in [3.8, 4) is 11.4 Å². The van der Waals surface area contributed by atoms with Gasteiger partial charge in [-0.15, -0.1) is 0 Å². The van der Waals surface area contributed by atoms with Crippen LogP contribution in [0.2, 0.25) is 0 Å². The quantitative estimate of drug-likeness (QED) is 0.808. The molecule has 0 bridgehead atoms. The molecule has 2 aromatic rings. The summed E-state index contributed by atoms with van der Waals surface area (Å²) < 4.78 is 0. The van der Waals surface area contributed by atoms with Gasteiger partial charge in [-0.1, -0.05) is 35.9 Å². The van der Waals surface area contributed by atoms with Crippen LogP contribution in [0.3, 0.4) is 0 Å². The Morgan fingerprint density at radius 1 is 1.20 bits per heavy atom. The van der Waals surface area contributed by atoms with E-state index in [1.807, 2.05) is 50.3 Å². The topological polar surface area (TPSA) is 41.6 Å². The SMILES string of the molecule is CC(C)=Cc1nc(-c2ccccc2)n[nH]1. The van der Waals surface area contributed by atoms with E-state index in [0.29, 0.717) is 0 Å². The van der Waals surface area contributed by atoms with Crippen molar-refractivity contribution >= 4 is 6.08 Å². The highest BCUT2D eigenvalue weighted by Gasteiger charge is 2.02. The molecular weight excluding hydrogens is 186 g/mol. The van der Waals surface area contributed by atoms with Crippen LogP contribution in [0.1, 0.15) is 19.7 Å². The summed E-state index contributed by atoms with van der Waals surface area (Å²) in [4.78, 5) is 4.38. The monoisotopic (exact) mass is 199 g/mol. The Balaban J connectivity index is 2.32. The summed E-state index contributed by atoms with van der Waals surface area (Å²) in [6, 6.07) is 9.93. The average Bonchev–Trinajstić information content (AvgIpc) is 2.67. The lowest BCUT2D eigenvalue weighted by molar-refractivity contribution is 1.08. The molecule has 1 aromatic heterocycles. The van der Waals surface area contributed by atoms with Gasteiger partial charge in [0.1, 0.15) is 5.82 Å². The number of nitrogens with zero attached hydrogens (tertiary/aromatic N) is 2. The Bertz CT molecular complexity index is 465. The van der Waals surface area contributed by atoms with Crippen LogP contribution in [0.5, 0.6) is 0 Å². The van der Waals surface area contributed by atoms with E-state index in [1.165, 1.54) is 5.57 Å². The number of aromatic nitrogens is 3. The third kappa shape index (κ3) is 2.31. The smallest absolute Gasteiger partial charge is 0.181 e. The summed E-state index contributed by atoms with van der Waals surface area (Å²) in [6.45, 7) is 4.06. The molecule has 76 valence electrons. The normalized spacial score (nSPS) is 10.0. The number of rotatable bonds is 2. The molecule has 15 heavy (non-hydrogen) atoms. The fourth-order valence-electron chi connectivity index (χ4n) is 1.33. The van der Waals surface area contributed by atoms with Gasteiger partial charge in [0.2, 0.25) is 0 Å². The first-order valence-corrected chi connectivity index (χ1v) is 4.88. The van der Waals surface area contributed by atoms with Crippen molar-refractivity contribution in [2.45, 2.75) is 13.8 Å². The predicted octanol–water partition coefficient (Wildman–Crippen LogP) is 2.89. The number of benzene rings is 1. The van der Waals surface area contributed by atoms with Gasteiger partial charge in [0.15, 0.2) is 5.82 Å². The van der Waals surface area contributed by atoms with Crippen LogP contribution in [0.15, 0.2) is 35.9 Å². The maximum Gasteiger partial charge on any atom is 0.181 e. The van der Waals surface area contributed by atoms with E-state index in [9.17, 15) is 0 Å². The lowest BCUT2D eigenvalue weighted by Gasteiger charge is -1.91. The largest absolute Gasteiger partial charge is 0.259 e. The molecule has 3 heteroatoms. The number of nitrogens with one attached hydrogen (secondary N) is 1. The van der Waals surface area contributed by atoms with Crippen molar-refractivity contribution in [2.75, 3.05) is 0 Å². The van der Waals surface area contributed by atoms with E-state index in [-0.39, 0.29) is 0 Å². The van der Waals surface area contributed by atoms with Crippen LogP contribution >= 0.6 is 0 Å². The van der Waals surface area contributed by atoms with E-state index >= 15 is 0 Å². The van der Waals surface area contributed by atoms with Gasteiger partial charge in [0.25, 0.3) is 0 Å². The minimum atomic E-state index is 0.739. The molecule has 0 aliphatic heterocycles. The molecule has 0 saturated carbocycles. The lowest BCUT2D eigenvalue weighted by Crippen LogP contribution is -1.79. The maximum atomic E-state index is 4.38. The third-order valence-corrected chi connectivity index (χ3v) is 1.96. The summed E-state index contributed by atoms with van der Waals surface area (Å²) in [5, 5.41) is 7.06. The molecule has 1 N–H and O–H groups in total. The summed E-state index contributed by atoms with van der Waals surface area (Å²) >= 11 is 0. The van der Waals surface area contributed by atoms with Crippen molar-refractivity contribution in [2.24, 2.45) is 0 Å². The molecule has 1 heterocycles. The fraction of sp³-hybridized carbons (Fsp3) is 0.167. The van der Waals surface area contributed by atoms with Crippen molar-refractivity contribution in [1.82, 2.24) is 15.2 Å². The Morgan fingerprint density at radius 2 is 1.93 bits per heavy atom. The molecule has 2 rings (SSSR count). The van der Waals surface area contributed by atoms with Gasteiger partial charge in [0, 0.05) is 5.56 Å². The van der Waals surface area contributed by atoms with Gasteiger partial charge in [0.05, 0.1) is 0 Å². The molecule has 0 saturated heterocycles. The highest BCUT2D eigenvalue weighted by Crippen LogP contribution is 2.13. The van der Waals surface area contributed by atoms with Gasteiger partial charge in [-0.05, 0) is 19.9 Å². The first-order valence-electron chi connectivity index (χ1n) is 4.88. The fourth-order valence-corrected chi connectivity index (χ4v) is 1.33. The van der Waals surface area contributed by atoms with Crippen LogP contribution in [0.4, 0.5) is 0 Å². The van der Waals surface area contributed by atoms with E-state index < -0.39 is 0 Å². The Kier molecular flexibility index (Phi) is 2.63. The Labute approximate surface area is 88.9 Å². The number of H-pyrrole nitrogens is 1. The maximum absolute atomic E-state index is 4.38. The van der Waals surface area contributed by atoms with Crippen molar-refractivity contribution in [1.29, 1.82) is 0 Å². The van der Waals surface area contributed by atoms with Crippen LogP contribution in [-0.4, -0.2) is 15.2 Å². The molecule has 0 amide bonds. The minimum Gasteiger partial charge on any atom is -0.259 e. The summed E-state index contributed by atoms with van der Waals surface area (Å²) in [7, 11) is 0. The first kappa shape index (κ1) is 9.65.